The summed E-state index contributed by atoms with van der Waals surface area (Å²) in [7, 11) is -2.10. The van der Waals surface area contributed by atoms with E-state index in [1.165, 1.54) is 24.5 Å². The molecule has 0 bridgehead atoms. The Hall–Kier alpha value is -2.30. The highest BCUT2D eigenvalue weighted by molar-refractivity contribution is 7.92. The normalized spacial score (nSPS) is 10.9. The van der Waals surface area contributed by atoms with Crippen LogP contribution < -0.4 is 15.4 Å². The van der Waals surface area contributed by atoms with Gasteiger partial charge in [-0.2, -0.15) is 0 Å². The van der Waals surface area contributed by atoms with Gasteiger partial charge in [0, 0.05) is 38.3 Å². The van der Waals surface area contributed by atoms with E-state index in [9.17, 15) is 8.42 Å². The first kappa shape index (κ1) is 19.0. The van der Waals surface area contributed by atoms with Gasteiger partial charge in [0.2, 0.25) is 5.95 Å². The molecule has 25 heavy (non-hydrogen) atoms. The lowest BCUT2D eigenvalue weighted by Gasteiger charge is -2.11. The van der Waals surface area contributed by atoms with E-state index in [0.717, 1.165) is 6.42 Å². The first-order valence-corrected chi connectivity index (χ1v) is 9.34. The number of hydrogen-bond acceptors (Lipinski definition) is 6. The molecule has 0 saturated carbocycles. The second kappa shape index (κ2) is 9.25. The van der Waals surface area contributed by atoms with Gasteiger partial charge >= 0.3 is 0 Å². The monoisotopic (exact) mass is 381 g/mol. The maximum absolute atomic E-state index is 12.3. The lowest BCUT2D eigenvalue weighted by atomic mass is 10.3. The quantitative estimate of drug-likeness (QED) is 0.468. The predicted molar refractivity (Wildman–Crippen MR) is 100.0 cm³/mol. The summed E-state index contributed by atoms with van der Waals surface area (Å²) in [6, 6.07) is 7.81. The van der Waals surface area contributed by atoms with Gasteiger partial charge in [-0.25, -0.2) is 23.1 Å². The Morgan fingerprint density at radius 1 is 1.20 bits per heavy atom. The fourth-order valence-electron chi connectivity index (χ4n) is 1.84. The number of nitrogens with one attached hydrogen (secondary N) is 3. The Balaban J connectivity index is 1.93. The average Bonchev–Trinajstić information content (AvgIpc) is 2.60. The third kappa shape index (κ3) is 6.25. The maximum atomic E-state index is 12.3. The summed E-state index contributed by atoms with van der Waals surface area (Å²) >= 11 is 5.17. The molecule has 1 heterocycles. The average molecular weight is 381 g/mol. The van der Waals surface area contributed by atoms with E-state index in [1.807, 2.05) is 0 Å². The van der Waals surface area contributed by atoms with Crippen molar-refractivity contribution in [3.63, 3.8) is 0 Å². The number of aromatic nitrogens is 2. The summed E-state index contributed by atoms with van der Waals surface area (Å²) in [6.45, 7) is 1.34. The van der Waals surface area contributed by atoms with Gasteiger partial charge in [-0.3, -0.25) is 0 Å². The molecule has 0 amide bonds. The van der Waals surface area contributed by atoms with Crippen molar-refractivity contribution in [1.82, 2.24) is 15.3 Å². The molecule has 0 aliphatic heterocycles. The van der Waals surface area contributed by atoms with Crippen LogP contribution in [0.2, 0.25) is 0 Å². The molecular formula is C15H19N5O3S2. The fraction of sp³-hybridized carbons (Fsp3) is 0.267. The minimum absolute atomic E-state index is 0.0196. The first-order chi connectivity index (χ1) is 12.0. The second-order valence-electron chi connectivity index (χ2n) is 4.93. The van der Waals surface area contributed by atoms with Crippen molar-refractivity contribution in [2.24, 2.45) is 0 Å². The second-order valence-corrected chi connectivity index (χ2v) is 7.02. The van der Waals surface area contributed by atoms with E-state index in [4.69, 9.17) is 17.0 Å². The number of benzene rings is 1. The SMILES string of the molecule is COCCCNC(=S)Nc1ccc(S(=O)(=O)Nc2ncccn2)cc1. The number of rotatable bonds is 8. The number of anilines is 2. The van der Waals surface area contributed by atoms with Crippen LogP contribution in [0.1, 0.15) is 6.42 Å². The lowest BCUT2D eigenvalue weighted by Crippen LogP contribution is -2.29. The molecule has 0 atom stereocenters. The Morgan fingerprint density at radius 3 is 2.52 bits per heavy atom. The van der Waals surface area contributed by atoms with Crippen molar-refractivity contribution in [3.05, 3.63) is 42.7 Å². The standard InChI is InChI=1S/C15H19N5O3S2/c1-23-11-3-10-18-15(24)19-12-4-6-13(7-5-12)25(21,22)20-14-16-8-2-9-17-14/h2,4-9H,3,10-11H2,1H3,(H,16,17,20)(H2,18,19,24). The van der Waals surface area contributed by atoms with Crippen molar-refractivity contribution >= 4 is 39.0 Å². The van der Waals surface area contributed by atoms with Crippen LogP contribution >= 0.6 is 12.2 Å². The molecule has 0 spiro atoms. The van der Waals surface area contributed by atoms with Crippen LogP contribution in [0, 0.1) is 0 Å². The Kier molecular flexibility index (Phi) is 7.04. The summed E-state index contributed by atoms with van der Waals surface area (Å²) < 4.78 is 31.8. The molecule has 0 fully saturated rings. The van der Waals surface area contributed by atoms with Crippen LogP contribution in [-0.4, -0.2) is 43.8 Å². The first-order valence-electron chi connectivity index (χ1n) is 7.45. The lowest BCUT2D eigenvalue weighted by molar-refractivity contribution is 0.196. The molecule has 0 radical (unpaired) electrons. The zero-order chi connectivity index (χ0) is 18.1. The molecule has 3 N–H and O–H groups in total. The van der Waals surface area contributed by atoms with Crippen molar-refractivity contribution in [2.75, 3.05) is 30.3 Å². The highest BCUT2D eigenvalue weighted by Crippen LogP contribution is 2.16. The van der Waals surface area contributed by atoms with E-state index in [2.05, 4.69) is 25.3 Å². The predicted octanol–water partition coefficient (Wildman–Crippen LogP) is 1.60. The van der Waals surface area contributed by atoms with Gasteiger partial charge in [-0.15, -0.1) is 0 Å². The Bertz CT molecular complexity index is 783. The number of nitrogens with zero attached hydrogens (tertiary/aromatic N) is 2. The highest BCUT2D eigenvalue weighted by atomic mass is 32.2. The zero-order valence-corrected chi connectivity index (χ0v) is 15.2. The van der Waals surface area contributed by atoms with Crippen LogP contribution in [0.15, 0.2) is 47.6 Å². The van der Waals surface area contributed by atoms with Gasteiger partial charge in [-0.1, -0.05) is 0 Å². The molecule has 0 unspecified atom stereocenters. The fourth-order valence-corrected chi connectivity index (χ4v) is 3.02. The highest BCUT2D eigenvalue weighted by Gasteiger charge is 2.15. The molecule has 2 aromatic rings. The van der Waals surface area contributed by atoms with E-state index < -0.39 is 10.0 Å². The van der Waals surface area contributed by atoms with E-state index in [1.54, 1.807) is 25.3 Å². The van der Waals surface area contributed by atoms with Crippen molar-refractivity contribution in [2.45, 2.75) is 11.3 Å². The van der Waals surface area contributed by atoms with Gasteiger partial charge in [0.25, 0.3) is 10.0 Å². The Labute approximate surface area is 152 Å². The molecule has 0 aliphatic rings. The zero-order valence-electron chi connectivity index (χ0n) is 13.6. The molecular weight excluding hydrogens is 362 g/mol. The number of hydrogen-bond donors (Lipinski definition) is 3. The number of ether oxygens (including phenoxy) is 1. The van der Waals surface area contributed by atoms with E-state index in [-0.39, 0.29) is 10.8 Å². The maximum Gasteiger partial charge on any atom is 0.264 e. The third-order valence-corrected chi connectivity index (χ3v) is 4.62. The molecule has 10 heteroatoms. The molecule has 134 valence electrons. The Morgan fingerprint density at radius 2 is 1.88 bits per heavy atom. The van der Waals surface area contributed by atoms with Crippen molar-refractivity contribution in [1.29, 1.82) is 0 Å². The number of methoxy groups -OCH3 is 1. The molecule has 1 aromatic heterocycles. The smallest absolute Gasteiger partial charge is 0.264 e. The van der Waals surface area contributed by atoms with Gasteiger partial charge in [0.1, 0.15) is 0 Å². The van der Waals surface area contributed by atoms with E-state index >= 15 is 0 Å². The minimum atomic E-state index is -3.74. The van der Waals surface area contributed by atoms with Gasteiger partial charge < -0.3 is 15.4 Å². The van der Waals surface area contributed by atoms with Crippen LogP contribution in [0.5, 0.6) is 0 Å². The molecule has 1 aromatic carbocycles. The summed E-state index contributed by atoms with van der Waals surface area (Å²) in [6.07, 6.45) is 3.75. The summed E-state index contributed by atoms with van der Waals surface area (Å²) in [4.78, 5) is 7.78. The van der Waals surface area contributed by atoms with Gasteiger partial charge in [0.15, 0.2) is 5.11 Å². The largest absolute Gasteiger partial charge is 0.385 e. The van der Waals surface area contributed by atoms with Crippen molar-refractivity contribution < 1.29 is 13.2 Å². The number of sulfonamides is 1. The van der Waals surface area contributed by atoms with Crippen LogP contribution in [0.3, 0.4) is 0 Å². The van der Waals surface area contributed by atoms with Gasteiger partial charge in [-0.05, 0) is 49.0 Å². The molecule has 0 aliphatic carbocycles. The molecule has 0 saturated heterocycles. The molecule has 8 nitrogen and oxygen atoms in total. The third-order valence-electron chi connectivity index (χ3n) is 3.02. The number of thiocarbonyl (C=S) groups is 1. The van der Waals surface area contributed by atoms with Crippen LogP contribution in [-0.2, 0) is 14.8 Å². The topological polar surface area (TPSA) is 105 Å². The summed E-state index contributed by atoms with van der Waals surface area (Å²) in [5.41, 5.74) is 0.680. The summed E-state index contributed by atoms with van der Waals surface area (Å²) in [5, 5.41) is 6.48. The molecule has 2 rings (SSSR count). The minimum Gasteiger partial charge on any atom is -0.385 e. The van der Waals surface area contributed by atoms with Crippen molar-refractivity contribution in [3.8, 4) is 0 Å². The van der Waals surface area contributed by atoms with Gasteiger partial charge in [0.05, 0.1) is 4.90 Å². The summed E-state index contributed by atoms with van der Waals surface area (Å²) in [5.74, 6) is 0.0196. The van der Waals surface area contributed by atoms with Crippen LogP contribution in [0.4, 0.5) is 11.6 Å². The van der Waals surface area contributed by atoms with Crippen LogP contribution in [0.25, 0.3) is 0 Å². The van der Waals surface area contributed by atoms with E-state index in [0.29, 0.717) is 24.0 Å².